The van der Waals surface area contributed by atoms with Gasteiger partial charge in [0.2, 0.25) is 0 Å². The lowest BCUT2D eigenvalue weighted by atomic mass is 9.98. The summed E-state index contributed by atoms with van der Waals surface area (Å²) in [7, 11) is 0. The summed E-state index contributed by atoms with van der Waals surface area (Å²) in [6.07, 6.45) is 4.21. The number of hydrogen-bond donors (Lipinski definition) is 1. The van der Waals surface area contributed by atoms with Crippen LogP contribution in [0.5, 0.6) is 0 Å². The summed E-state index contributed by atoms with van der Waals surface area (Å²) in [5.41, 5.74) is 3.46. The van der Waals surface area contributed by atoms with Gasteiger partial charge in [-0.15, -0.1) is 0 Å². The Balaban J connectivity index is 1.56. The lowest BCUT2D eigenvalue weighted by Gasteiger charge is -2.15. The molecule has 0 amide bonds. The number of nitriles is 1. The second-order valence-electron chi connectivity index (χ2n) is 6.73. The Morgan fingerprint density at radius 2 is 2.08 bits per heavy atom. The minimum Gasteiger partial charge on any atom is -0.478 e. The van der Waals surface area contributed by atoms with E-state index in [-0.39, 0.29) is 0 Å². The number of benzene rings is 1. The Kier molecular flexibility index (Phi) is 5.20. The highest BCUT2D eigenvalue weighted by Gasteiger charge is 2.23. The highest BCUT2D eigenvalue weighted by Crippen LogP contribution is 2.23. The van der Waals surface area contributed by atoms with E-state index in [1.165, 1.54) is 11.1 Å². The van der Waals surface area contributed by atoms with Gasteiger partial charge in [-0.25, -0.2) is 4.79 Å². The van der Waals surface area contributed by atoms with Gasteiger partial charge in [-0.2, -0.15) is 5.26 Å². The molecule has 0 aliphatic carbocycles. The van der Waals surface area contributed by atoms with Gasteiger partial charge in [0, 0.05) is 25.8 Å². The number of carboxylic acid groups (broad SMARTS) is 1. The molecule has 25 heavy (non-hydrogen) atoms. The van der Waals surface area contributed by atoms with Crippen LogP contribution in [0, 0.1) is 17.2 Å². The first kappa shape index (κ1) is 17.2. The predicted octanol–water partition coefficient (Wildman–Crippen LogP) is 3.14. The molecule has 0 saturated carbocycles. The van der Waals surface area contributed by atoms with E-state index < -0.39 is 5.97 Å². The van der Waals surface area contributed by atoms with E-state index in [1.807, 2.05) is 29.7 Å². The number of aromatic carboxylic acids is 1. The van der Waals surface area contributed by atoms with Crippen molar-refractivity contribution in [3.63, 3.8) is 0 Å². The molecule has 130 valence electrons. The summed E-state index contributed by atoms with van der Waals surface area (Å²) in [4.78, 5) is 13.4. The van der Waals surface area contributed by atoms with Crippen LogP contribution in [0.25, 0.3) is 0 Å². The summed E-state index contributed by atoms with van der Waals surface area (Å²) >= 11 is 0. The van der Waals surface area contributed by atoms with Crippen molar-refractivity contribution in [1.29, 1.82) is 5.26 Å². The van der Waals surface area contributed by atoms with Crippen LogP contribution in [0.4, 0.5) is 0 Å². The molecular formula is C20H23N3O2. The number of nitrogens with zero attached hydrogens (tertiary/aromatic N) is 3. The molecule has 5 heteroatoms. The molecule has 0 unspecified atom stereocenters. The highest BCUT2D eigenvalue weighted by molar-refractivity contribution is 5.87. The smallest absolute Gasteiger partial charge is 0.335 e. The molecule has 2 aromatic rings. The second kappa shape index (κ2) is 7.54. The Morgan fingerprint density at radius 1 is 1.32 bits per heavy atom. The average molecular weight is 337 g/mol. The van der Waals surface area contributed by atoms with E-state index in [0.717, 1.165) is 44.7 Å². The van der Waals surface area contributed by atoms with Crippen molar-refractivity contribution >= 4 is 5.97 Å². The predicted molar refractivity (Wildman–Crippen MR) is 95.3 cm³/mol. The first-order chi connectivity index (χ1) is 12.1. The van der Waals surface area contributed by atoms with Crippen LogP contribution < -0.4 is 0 Å². The van der Waals surface area contributed by atoms with Crippen molar-refractivity contribution in [1.82, 2.24) is 9.47 Å². The molecule has 1 aromatic heterocycles. The van der Waals surface area contributed by atoms with E-state index in [2.05, 4.69) is 17.2 Å². The standard InChI is InChI=1S/C20H23N3O2/c1-2-23-14-17(10-19(23)11-21)13-22-8-7-16(12-22)9-15-3-5-18(6-4-15)20(24)25/h3-6,10,14,16H,2,7-9,12-13H2,1H3,(H,24,25)/t16-/m0/s1. The van der Waals surface area contributed by atoms with Gasteiger partial charge in [0.25, 0.3) is 0 Å². The van der Waals surface area contributed by atoms with E-state index in [1.54, 1.807) is 12.1 Å². The molecule has 1 aliphatic rings. The normalized spacial score (nSPS) is 17.5. The molecule has 1 aromatic carbocycles. The van der Waals surface area contributed by atoms with Gasteiger partial charge in [-0.05, 0) is 61.6 Å². The van der Waals surface area contributed by atoms with Crippen LogP contribution in [0.3, 0.4) is 0 Å². The molecule has 1 N–H and O–H groups in total. The number of rotatable bonds is 6. The summed E-state index contributed by atoms with van der Waals surface area (Å²) < 4.78 is 1.99. The molecule has 5 nitrogen and oxygen atoms in total. The molecule has 1 atom stereocenters. The zero-order valence-corrected chi connectivity index (χ0v) is 14.5. The summed E-state index contributed by atoms with van der Waals surface area (Å²) in [5, 5.41) is 18.1. The van der Waals surface area contributed by atoms with E-state index in [9.17, 15) is 4.79 Å². The molecule has 1 saturated heterocycles. The maximum Gasteiger partial charge on any atom is 0.335 e. The third-order valence-electron chi connectivity index (χ3n) is 4.91. The van der Waals surface area contributed by atoms with Crippen LogP contribution in [0.1, 0.15) is 40.5 Å². The van der Waals surface area contributed by atoms with Crippen molar-refractivity contribution in [2.75, 3.05) is 13.1 Å². The molecule has 2 heterocycles. The van der Waals surface area contributed by atoms with Crippen LogP contribution in [-0.4, -0.2) is 33.6 Å². The first-order valence-electron chi connectivity index (χ1n) is 8.72. The van der Waals surface area contributed by atoms with Crippen LogP contribution >= 0.6 is 0 Å². The zero-order chi connectivity index (χ0) is 17.8. The minimum atomic E-state index is -0.880. The molecule has 3 rings (SSSR count). The Hall–Kier alpha value is -2.58. The number of carboxylic acids is 1. The number of likely N-dealkylation sites (tertiary alicyclic amines) is 1. The van der Waals surface area contributed by atoms with Gasteiger partial charge >= 0.3 is 5.97 Å². The maximum atomic E-state index is 10.9. The van der Waals surface area contributed by atoms with Crippen LogP contribution in [-0.2, 0) is 19.5 Å². The Bertz CT molecular complexity index is 786. The van der Waals surface area contributed by atoms with E-state index >= 15 is 0 Å². The van der Waals surface area contributed by atoms with E-state index in [4.69, 9.17) is 10.4 Å². The zero-order valence-electron chi connectivity index (χ0n) is 14.5. The van der Waals surface area contributed by atoms with Gasteiger partial charge in [-0.3, -0.25) is 4.90 Å². The second-order valence-corrected chi connectivity index (χ2v) is 6.73. The Morgan fingerprint density at radius 3 is 2.68 bits per heavy atom. The van der Waals surface area contributed by atoms with Crippen LogP contribution in [0.2, 0.25) is 0 Å². The Labute approximate surface area is 148 Å². The number of aryl methyl sites for hydroxylation is 1. The lowest BCUT2D eigenvalue weighted by molar-refractivity contribution is 0.0697. The van der Waals surface area contributed by atoms with Crippen molar-refractivity contribution in [3.8, 4) is 6.07 Å². The maximum absolute atomic E-state index is 10.9. The van der Waals surface area contributed by atoms with Crippen LogP contribution in [0.15, 0.2) is 36.5 Å². The monoisotopic (exact) mass is 337 g/mol. The quantitative estimate of drug-likeness (QED) is 0.879. The fourth-order valence-corrected chi connectivity index (χ4v) is 3.61. The minimum absolute atomic E-state index is 0.338. The topological polar surface area (TPSA) is 69.3 Å². The average Bonchev–Trinajstić information content (AvgIpc) is 3.22. The summed E-state index contributed by atoms with van der Waals surface area (Å²) in [6, 6.07) is 11.4. The molecular weight excluding hydrogens is 314 g/mol. The van der Waals surface area contributed by atoms with Gasteiger partial charge in [-0.1, -0.05) is 12.1 Å². The summed E-state index contributed by atoms with van der Waals surface area (Å²) in [5.74, 6) is -0.284. The SMILES string of the molecule is CCn1cc(CN2CC[C@@H](Cc3ccc(C(=O)O)cc3)C2)cc1C#N. The van der Waals surface area contributed by atoms with Gasteiger partial charge in [0.1, 0.15) is 11.8 Å². The largest absolute Gasteiger partial charge is 0.478 e. The van der Waals surface area contributed by atoms with Crippen molar-refractivity contribution in [3.05, 3.63) is 58.9 Å². The number of hydrogen-bond acceptors (Lipinski definition) is 3. The summed E-state index contributed by atoms with van der Waals surface area (Å²) in [6.45, 7) is 5.86. The number of aromatic nitrogens is 1. The van der Waals surface area contributed by atoms with E-state index in [0.29, 0.717) is 11.5 Å². The van der Waals surface area contributed by atoms with Crippen molar-refractivity contribution in [2.24, 2.45) is 5.92 Å². The van der Waals surface area contributed by atoms with Gasteiger partial charge in [0.15, 0.2) is 0 Å². The molecule has 0 spiro atoms. The fourth-order valence-electron chi connectivity index (χ4n) is 3.61. The third-order valence-corrected chi connectivity index (χ3v) is 4.91. The molecule has 0 radical (unpaired) electrons. The fraction of sp³-hybridized carbons (Fsp3) is 0.400. The van der Waals surface area contributed by atoms with Gasteiger partial charge < -0.3 is 9.67 Å². The third kappa shape index (κ3) is 4.09. The molecule has 1 fully saturated rings. The molecule has 0 bridgehead atoms. The number of carbonyl (C=O) groups is 1. The van der Waals surface area contributed by atoms with Crippen molar-refractivity contribution in [2.45, 2.75) is 32.9 Å². The highest BCUT2D eigenvalue weighted by atomic mass is 16.4. The first-order valence-corrected chi connectivity index (χ1v) is 8.72. The van der Waals surface area contributed by atoms with Gasteiger partial charge in [0.05, 0.1) is 5.56 Å². The van der Waals surface area contributed by atoms with Crippen molar-refractivity contribution < 1.29 is 9.90 Å². The lowest BCUT2D eigenvalue weighted by Crippen LogP contribution is -2.20. The molecule has 1 aliphatic heterocycles.